The van der Waals surface area contributed by atoms with Gasteiger partial charge in [-0.05, 0) is 64.9 Å². The first kappa shape index (κ1) is 22.5. The molecule has 4 rings (SSSR count). The Morgan fingerprint density at radius 2 is 1.97 bits per heavy atom. The standard InChI is InChI=1S/C26H25FN2O4/c1-33-24-8-4-18(14-26(31)32)13-21(24)19-6-7-23(27)20-10-12-29(16-22(19)20)25(30)9-5-17-3-2-11-28-15-17/h2-4,6-8,11,13,15H,5,9-10,12,14,16H2,1H3,(H,31,32). The second kappa shape index (κ2) is 9.81. The molecule has 2 aromatic carbocycles. The first-order chi connectivity index (χ1) is 16.0. The van der Waals surface area contributed by atoms with Gasteiger partial charge in [-0.25, -0.2) is 4.39 Å². The van der Waals surface area contributed by atoms with Gasteiger partial charge in [0.25, 0.3) is 0 Å². The molecule has 0 fully saturated rings. The molecule has 1 aromatic heterocycles. The Morgan fingerprint density at radius 3 is 2.70 bits per heavy atom. The van der Waals surface area contributed by atoms with Gasteiger partial charge in [-0.15, -0.1) is 0 Å². The van der Waals surface area contributed by atoms with Gasteiger partial charge in [-0.2, -0.15) is 0 Å². The van der Waals surface area contributed by atoms with Crippen molar-refractivity contribution >= 4 is 11.9 Å². The largest absolute Gasteiger partial charge is 0.496 e. The van der Waals surface area contributed by atoms with Crippen molar-refractivity contribution in [2.24, 2.45) is 0 Å². The molecule has 0 saturated carbocycles. The third-order valence-electron chi connectivity index (χ3n) is 5.97. The van der Waals surface area contributed by atoms with Gasteiger partial charge in [0.1, 0.15) is 11.6 Å². The monoisotopic (exact) mass is 448 g/mol. The average molecular weight is 448 g/mol. The summed E-state index contributed by atoms with van der Waals surface area (Å²) in [7, 11) is 1.54. The lowest BCUT2D eigenvalue weighted by molar-refractivity contribution is -0.136. The summed E-state index contributed by atoms with van der Waals surface area (Å²) in [6.07, 6.45) is 4.69. The van der Waals surface area contributed by atoms with Crippen molar-refractivity contribution in [3.05, 3.63) is 82.9 Å². The van der Waals surface area contributed by atoms with Crippen molar-refractivity contribution in [2.75, 3.05) is 13.7 Å². The van der Waals surface area contributed by atoms with Gasteiger partial charge >= 0.3 is 5.97 Å². The van der Waals surface area contributed by atoms with Crippen LogP contribution in [0.15, 0.2) is 54.9 Å². The van der Waals surface area contributed by atoms with Gasteiger partial charge in [-0.1, -0.05) is 18.2 Å². The highest BCUT2D eigenvalue weighted by Gasteiger charge is 2.26. The number of hydrogen-bond donors (Lipinski definition) is 1. The molecule has 0 unspecified atom stereocenters. The van der Waals surface area contributed by atoms with Crippen LogP contribution in [0.4, 0.5) is 4.39 Å². The van der Waals surface area contributed by atoms with Crippen molar-refractivity contribution in [1.29, 1.82) is 0 Å². The molecule has 6 nitrogen and oxygen atoms in total. The number of carboxylic acids is 1. The number of methoxy groups -OCH3 is 1. The Balaban J connectivity index is 1.64. The minimum atomic E-state index is -0.933. The van der Waals surface area contributed by atoms with E-state index in [1.165, 1.54) is 6.07 Å². The van der Waals surface area contributed by atoms with E-state index in [4.69, 9.17) is 4.74 Å². The van der Waals surface area contributed by atoms with E-state index >= 15 is 0 Å². The Hall–Kier alpha value is -3.74. The van der Waals surface area contributed by atoms with Crippen LogP contribution in [0.3, 0.4) is 0 Å². The molecule has 7 heteroatoms. The van der Waals surface area contributed by atoms with Crippen molar-refractivity contribution in [3.8, 4) is 16.9 Å². The molecule has 170 valence electrons. The molecule has 0 aliphatic carbocycles. The number of rotatable bonds is 7. The first-order valence-electron chi connectivity index (χ1n) is 10.8. The summed E-state index contributed by atoms with van der Waals surface area (Å²) in [5.41, 5.74) is 4.39. The molecular formula is C26H25FN2O4. The van der Waals surface area contributed by atoms with E-state index in [1.54, 1.807) is 48.7 Å². The minimum Gasteiger partial charge on any atom is -0.496 e. The molecule has 1 amide bonds. The van der Waals surface area contributed by atoms with E-state index in [0.29, 0.717) is 54.8 Å². The number of halogens is 1. The summed E-state index contributed by atoms with van der Waals surface area (Å²) in [5, 5.41) is 9.18. The van der Waals surface area contributed by atoms with Crippen LogP contribution < -0.4 is 4.74 Å². The number of amides is 1. The lowest BCUT2D eigenvalue weighted by Gasteiger charge is -2.31. The summed E-state index contributed by atoms with van der Waals surface area (Å²) in [5.74, 6) is -0.654. The normalized spacial score (nSPS) is 12.8. The van der Waals surface area contributed by atoms with E-state index in [-0.39, 0.29) is 18.1 Å². The summed E-state index contributed by atoms with van der Waals surface area (Å²) >= 11 is 0. The van der Waals surface area contributed by atoms with E-state index in [0.717, 1.165) is 16.7 Å². The molecule has 1 aliphatic heterocycles. The summed E-state index contributed by atoms with van der Waals surface area (Å²) < 4.78 is 20.2. The molecule has 0 spiro atoms. The molecule has 0 radical (unpaired) electrons. The fraction of sp³-hybridized carbons (Fsp3) is 0.269. The number of ether oxygens (including phenoxy) is 1. The Labute approximate surface area is 191 Å². The minimum absolute atomic E-state index is 0.00584. The van der Waals surface area contributed by atoms with E-state index in [9.17, 15) is 19.1 Å². The van der Waals surface area contributed by atoms with Gasteiger partial charge in [0.05, 0.1) is 13.5 Å². The SMILES string of the molecule is COc1ccc(CC(=O)O)cc1-c1ccc(F)c2c1CN(C(=O)CCc1cccnc1)CC2. The number of aromatic nitrogens is 1. The van der Waals surface area contributed by atoms with Crippen LogP contribution in [0, 0.1) is 5.82 Å². The predicted octanol–water partition coefficient (Wildman–Crippen LogP) is 4.04. The van der Waals surface area contributed by atoms with E-state index in [2.05, 4.69) is 4.98 Å². The fourth-order valence-corrected chi connectivity index (χ4v) is 4.30. The molecule has 3 aromatic rings. The number of carbonyl (C=O) groups is 2. The van der Waals surface area contributed by atoms with Gasteiger partial charge in [0.15, 0.2) is 0 Å². The molecule has 33 heavy (non-hydrogen) atoms. The second-order valence-electron chi connectivity index (χ2n) is 8.08. The lowest BCUT2D eigenvalue weighted by atomic mass is 9.89. The number of aryl methyl sites for hydroxylation is 1. The van der Waals surface area contributed by atoms with E-state index < -0.39 is 5.97 Å². The number of benzene rings is 2. The highest BCUT2D eigenvalue weighted by Crippen LogP contribution is 2.38. The molecule has 0 bridgehead atoms. The molecule has 0 atom stereocenters. The van der Waals surface area contributed by atoms with Gasteiger partial charge < -0.3 is 14.7 Å². The Bertz CT molecular complexity index is 1180. The average Bonchev–Trinajstić information content (AvgIpc) is 2.83. The number of carboxylic acid groups (broad SMARTS) is 1. The zero-order chi connectivity index (χ0) is 23.4. The highest BCUT2D eigenvalue weighted by molar-refractivity contribution is 5.80. The lowest BCUT2D eigenvalue weighted by Crippen LogP contribution is -2.36. The van der Waals surface area contributed by atoms with E-state index in [1.807, 2.05) is 12.1 Å². The predicted molar refractivity (Wildman–Crippen MR) is 121 cm³/mol. The smallest absolute Gasteiger partial charge is 0.307 e. The summed E-state index contributed by atoms with van der Waals surface area (Å²) in [6, 6.07) is 12.1. The maximum absolute atomic E-state index is 14.7. The van der Waals surface area contributed by atoms with Crippen LogP contribution in [0.5, 0.6) is 5.75 Å². The van der Waals surface area contributed by atoms with Gasteiger partial charge in [0.2, 0.25) is 5.91 Å². The Morgan fingerprint density at radius 1 is 1.12 bits per heavy atom. The molecule has 0 saturated heterocycles. The zero-order valence-corrected chi connectivity index (χ0v) is 18.4. The van der Waals surface area contributed by atoms with Crippen LogP contribution in [0.1, 0.15) is 28.7 Å². The fourth-order valence-electron chi connectivity index (χ4n) is 4.30. The van der Waals surface area contributed by atoms with Crippen molar-refractivity contribution in [2.45, 2.75) is 32.2 Å². The maximum Gasteiger partial charge on any atom is 0.307 e. The first-order valence-corrected chi connectivity index (χ1v) is 10.8. The maximum atomic E-state index is 14.7. The quantitative estimate of drug-likeness (QED) is 0.590. The number of hydrogen-bond acceptors (Lipinski definition) is 4. The third-order valence-corrected chi connectivity index (χ3v) is 5.97. The van der Waals surface area contributed by atoms with Crippen LogP contribution in [-0.2, 0) is 35.4 Å². The van der Waals surface area contributed by atoms with Crippen LogP contribution in [-0.4, -0.2) is 40.5 Å². The highest BCUT2D eigenvalue weighted by atomic mass is 19.1. The molecule has 1 N–H and O–H groups in total. The van der Waals surface area contributed by atoms with Gasteiger partial charge in [0, 0.05) is 37.5 Å². The van der Waals surface area contributed by atoms with Crippen LogP contribution in [0.25, 0.3) is 11.1 Å². The van der Waals surface area contributed by atoms with Crippen molar-refractivity contribution in [1.82, 2.24) is 9.88 Å². The zero-order valence-electron chi connectivity index (χ0n) is 18.4. The summed E-state index contributed by atoms with van der Waals surface area (Å²) in [6.45, 7) is 0.746. The van der Waals surface area contributed by atoms with Crippen LogP contribution in [0.2, 0.25) is 0 Å². The van der Waals surface area contributed by atoms with Gasteiger partial charge in [-0.3, -0.25) is 14.6 Å². The topological polar surface area (TPSA) is 79.7 Å². The third kappa shape index (κ3) is 5.03. The molecular weight excluding hydrogens is 423 g/mol. The second-order valence-corrected chi connectivity index (χ2v) is 8.08. The Kier molecular flexibility index (Phi) is 6.68. The molecule has 1 aliphatic rings. The number of carbonyl (C=O) groups excluding carboxylic acids is 1. The number of pyridine rings is 1. The number of aliphatic carboxylic acids is 1. The molecule has 2 heterocycles. The van der Waals surface area contributed by atoms with Crippen molar-refractivity contribution < 1.29 is 23.8 Å². The number of nitrogens with zero attached hydrogens (tertiary/aromatic N) is 2. The number of fused-ring (bicyclic) bond motifs is 1. The summed E-state index contributed by atoms with van der Waals surface area (Å²) in [4.78, 5) is 30.0. The van der Waals surface area contributed by atoms with Crippen LogP contribution >= 0.6 is 0 Å². The van der Waals surface area contributed by atoms with Crippen molar-refractivity contribution in [3.63, 3.8) is 0 Å².